The second-order valence-corrected chi connectivity index (χ2v) is 7.35. The second kappa shape index (κ2) is 9.55. The van der Waals surface area contributed by atoms with Crippen molar-refractivity contribution < 1.29 is 18.8 Å². The number of non-ortho nitro benzene ring substituents is 1. The van der Waals surface area contributed by atoms with Gasteiger partial charge in [0.1, 0.15) is 12.4 Å². The first-order chi connectivity index (χ1) is 14.0. The highest BCUT2D eigenvalue weighted by Crippen LogP contribution is 2.35. The highest BCUT2D eigenvalue weighted by Gasteiger charge is 2.13. The summed E-state index contributed by atoms with van der Waals surface area (Å²) in [5.74, 6) is 0.830. The molecule has 3 rings (SSSR count). The second-order valence-electron chi connectivity index (χ2n) is 6.19. The van der Waals surface area contributed by atoms with Gasteiger partial charge in [-0.25, -0.2) is 4.39 Å². The van der Waals surface area contributed by atoms with Crippen LogP contribution in [0, 0.1) is 19.5 Å². The number of hydrogen-bond donors (Lipinski definition) is 1. The standard InChI is InChI=1S/C21H18FIN2O4/c1-28-20-10-15(12-24-17-6-3-7-18(11-17)25(26)27)9-19(23)21(20)29-13-14-4-2-5-16(22)8-14/h2-11,24H,12-13H2,1H3. The molecule has 0 atom stereocenters. The molecule has 0 spiro atoms. The van der Waals surface area contributed by atoms with Crippen LogP contribution in [-0.4, -0.2) is 12.0 Å². The van der Waals surface area contributed by atoms with Crippen molar-refractivity contribution in [3.63, 3.8) is 0 Å². The molecule has 0 saturated carbocycles. The Morgan fingerprint density at radius 3 is 2.62 bits per heavy atom. The lowest BCUT2D eigenvalue weighted by molar-refractivity contribution is -0.384. The predicted octanol–water partition coefficient (Wildman–Crippen LogP) is 5.54. The molecule has 0 aliphatic rings. The van der Waals surface area contributed by atoms with Crippen molar-refractivity contribution in [3.05, 3.63) is 91.3 Å². The van der Waals surface area contributed by atoms with Crippen LogP contribution in [-0.2, 0) is 13.2 Å². The zero-order valence-corrected chi connectivity index (χ0v) is 17.7. The van der Waals surface area contributed by atoms with Gasteiger partial charge in [-0.05, 0) is 64.0 Å². The van der Waals surface area contributed by atoms with E-state index in [4.69, 9.17) is 9.47 Å². The van der Waals surface area contributed by atoms with Crippen LogP contribution in [0.4, 0.5) is 15.8 Å². The van der Waals surface area contributed by atoms with Crippen molar-refractivity contribution in [1.82, 2.24) is 0 Å². The molecule has 3 aromatic carbocycles. The number of halogens is 2. The van der Waals surface area contributed by atoms with E-state index in [0.717, 1.165) is 14.7 Å². The number of anilines is 1. The van der Waals surface area contributed by atoms with E-state index in [9.17, 15) is 14.5 Å². The molecule has 0 bridgehead atoms. The molecule has 1 N–H and O–H groups in total. The smallest absolute Gasteiger partial charge is 0.271 e. The zero-order chi connectivity index (χ0) is 20.8. The first-order valence-electron chi connectivity index (χ1n) is 8.68. The van der Waals surface area contributed by atoms with Gasteiger partial charge in [-0.15, -0.1) is 0 Å². The molecule has 0 aliphatic carbocycles. The highest BCUT2D eigenvalue weighted by atomic mass is 127. The minimum atomic E-state index is -0.429. The van der Waals surface area contributed by atoms with E-state index in [1.54, 1.807) is 31.4 Å². The molecule has 0 heterocycles. The van der Waals surface area contributed by atoms with Crippen molar-refractivity contribution in [2.75, 3.05) is 12.4 Å². The van der Waals surface area contributed by atoms with Crippen LogP contribution in [0.5, 0.6) is 11.5 Å². The van der Waals surface area contributed by atoms with Gasteiger partial charge < -0.3 is 14.8 Å². The molecule has 0 radical (unpaired) electrons. The van der Waals surface area contributed by atoms with Crippen molar-refractivity contribution in [2.24, 2.45) is 0 Å². The van der Waals surface area contributed by atoms with Gasteiger partial charge in [0.05, 0.1) is 15.6 Å². The molecule has 0 amide bonds. The van der Waals surface area contributed by atoms with Crippen molar-refractivity contribution in [2.45, 2.75) is 13.2 Å². The molecule has 0 aliphatic heterocycles. The van der Waals surface area contributed by atoms with E-state index in [2.05, 4.69) is 27.9 Å². The number of methoxy groups -OCH3 is 1. The summed E-state index contributed by atoms with van der Waals surface area (Å²) < 4.78 is 25.5. The average Bonchev–Trinajstić information content (AvgIpc) is 2.71. The number of nitrogens with one attached hydrogen (secondary N) is 1. The third-order valence-electron chi connectivity index (χ3n) is 4.12. The fraction of sp³-hybridized carbons (Fsp3) is 0.143. The van der Waals surface area contributed by atoms with Crippen LogP contribution in [0.25, 0.3) is 0 Å². The molecule has 0 fully saturated rings. The molecular formula is C21H18FIN2O4. The first-order valence-corrected chi connectivity index (χ1v) is 9.76. The lowest BCUT2D eigenvalue weighted by Crippen LogP contribution is -2.04. The summed E-state index contributed by atoms with van der Waals surface area (Å²) >= 11 is 2.16. The van der Waals surface area contributed by atoms with Gasteiger partial charge in [0.25, 0.3) is 5.69 Å². The Bertz CT molecular complexity index is 1030. The maximum absolute atomic E-state index is 13.3. The largest absolute Gasteiger partial charge is 0.493 e. The number of hydrogen-bond acceptors (Lipinski definition) is 5. The number of ether oxygens (including phenoxy) is 2. The molecule has 0 aromatic heterocycles. The van der Waals surface area contributed by atoms with Gasteiger partial charge in [-0.2, -0.15) is 0 Å². The summed E-state index contributed by atoms with van der Waals surface area (Å²) in [5, 5.41) is 14.1. The third-order valence-corrected chi connectivity index (χ3v) is 4.92. The molecule has 0 saturated heterocycles. The van der Waals surface area contributed by atoms with Crippen LogP contribution in [0.2, 0.25) is 0 Å². The van der Waals surface area contributed by atoms with Gasteiger partial charge in [0.2, 0.25) is 0 Å². The van der Waals surface area contributed by atoms with Crippen LogP contribution in [0.15, 0.2) is 60.7 Å². The van der Waals surface area contributed by atoms with E-state index in [-0.39, 0.29) is 18.1 Å². The molecule has 29 heavy (non-hydrogen) atoms. The Hall–Kier alpha value is -2.88. The van der Waals surface area contributed by atoms with Crippen LogP contribution >= 0.6 is 22.6 Å². The Kier molecular flexibility index (Phi) is 6.86. The lowest BCUT2D eigenvalue weighted by Gasteiger charge is -2.15. The van der Waals surface area contributed by atoms with E-state index < -0.39 is 4.92 Å². The van der Waals surface area contributed by atoms with Gasteiger partial charge in [0.15, 0.2) is 11.5 Å². The Morgan fingerprint density at radius 2 is 1.90 bits per heavy atom. The third kappa shape index (κ3) is 5.57. The monoisotopic (exact) mass is 508 g/mol. The summed E-state index contributed by atoms with van der Waals surface area (Å²) in [5.41, 5.74) is 2.33. The zero-order valence-electron chi connectivity index (χ0n) is 15.5. The van der Waals surface area contributed by atoms with E-state index in [0.29, 0.717) is 23.7 Å². The fourth-order valence-corrected chi connectivity index (χ4v) is 3.55. The molecule has 0 unspecified atom stereocenters. The number of nitrogens with zero attached hydrogens (tertiary/aromatic N) is 1. The summed E-state index contributed by atoms with van der Waals surface area (Å²) in [6, 6.07) is 16.4. The topological polar surface area (TPSA) is 73.6 Å². The minimum Gasteiger partial charge on any atom is -0.493 e. The number of nitro benzene ring substituents is 1. The molecule has 8 heteroatoms. The van der Waals surface area contributed by atoms with Crippen LogP contribution in [0.3, 0.4) is 0 Å². The maximum Gasteiger partial charge on any atom is 0.271 e. The fourth-order valence-electron chi connectivity index (χ4n) is 2.73. The summed E-state index contributed by atoms with van der Waals surface area (Å²) in [7, 11) is 1.55. The molecule has 150 valence electrons. The summed E-state index contributed by atoms with van der Waals surface area (Å²) in [6.45, 7) is 0.674. The highest BCUT2D eigenvalue weighted by molar-refractivity contribution is 14.1. The molecule has 3 aromatic rings. The number of nitro groups is 1. The van der Waals surface area contributed by atoms with Crippen LogP contribution < -0.4 is 14.8 Å². The molecular weight excluding hydrogens is 490 g/mol. The predicted molar refractivity (Wildman–Crippen MR) is 117 cm³/mol. The Labute approximate surface area is 180 Å². The van der Waals surface area contributed by atoms with Gasteiger partial charge in [-0.3, -0.25) is 10.1 Å². The molecule has 6 nitrogen and oxygen atoms in total. The van der Waals surface area contributed by atoms with E-state index in [1.165, 1.54) is 24.3 Å². The van der Waals surface area contributed by atoms with Gasteiger partial charge >= 0.3 is 0 Å². The number of rotatable bonds is 8. The van der Waals surface area contributed by atoms with Crippen molar-refractivity contribution >= 4 is 34.0 Å². The summed E-state index contributed by atoms with van der Waals surface area (Å²) in [4.78, 5) is 10.5. The lowest BCUT2D eigenvalue weighted by atomic mass is 10.2. The first kappa shape index (κ1) is 20.8. The SMILES string of the molecule is COc1cc(CNc2cccc([N+](=O)[O-])c2)cc(I)c1OCc1cccc(F)c1. The Balaban J connectivity index is 1.72. The maximum atomic E-state index is 13.3. The number of benzene rings is 3. The summed E-state index contributed by atoms with van der Waals surface area (Å²) in [6.07, 6.45) is 0. The average molecular weight is 508 g/mol. The quantitative estimate of drug-likeness (QED) is 0.246. The minimum absolute atomic E-state index is 0.0308. The van der Waals surface area contributed by atoms with E-state index in [1.807, 2.05) is 12.1 Å². The van der Waals surface area contributed by atoms with Gasteiger partial charge in [-0.1, -0.05) is 18.2 Å². The van der Waals surface area contributed by atoms with Crippen molar-refractivity contribution in [3.8, 4) is 11.5 Å². The Morgan fingerprint density at radius 1 is 1.10 bits per heavy atom. The van der Waals surface area contributed by atoms with Gasteiger partial charge in [0, 0.05) is 24.4 Å². The normalized spacial score (nSPS) is 10.4. The van der Waals surface area contributed by atoms with Crippen LogP contribution in [0.1, 0.15) is 11.1 Å². The van der Waals surface area contributed by atoms with E-state index >= 15 is 0 Å². The van der Waals surface area contributed by atoms with Crippen molar-refractivity contribution in [1.29, 1.82) is 0 Å².